The number of aliphatic carboxylic acids is 1. The van der Waals surface area contributed by atoms with Crippen molar-refractivity contribution in [1.29, 1.82) is 0 Å². The Morgan fingerprint density at radius 3 is 2.56 bits per heavy atom. The van der Waals surface area contributed by atoms with E-state index in [0.29, 0.717) is 18.9 Å². The maximum absolute atomic E-state index is 12.8. The summed E-state index contributed by atoms with van der Waals surface area (Å²) in [5.41, 5.74) is 1.56. The van der Waals surface area contributed by atoms with Crippen LogP contribution in [0.3, 0.4) is 0 Å². The summed E-state index contributed by atoms with van der Waals surface area (Å²) < 4.78 is 5.10. The molecule has 2 fully saturated rings. The molecular weight excluding hydrogens is 318 g/mol. The van der Waals surface area contributed by atoms with Gasteiger partial charge < -0.3 is 14.7 Å². The third kappa shape index (κ3) is 3.43. The van der Waals surface area contributed by atoms with E-state index in [1.165, 1.54) is 18.2 Å². The lowest BCUT2D eigenvalue weighted by Gasteiger charge is -2.24. The van der Waals surface area contributed by atoms with Crippen LogP contribution in [-0.4, -0.2) is 48.7 Å². The topological polar surface area (TPSA) is 66.8 Å². The number of amides is 1. The van der Waals surface area contributed by atoms with E-state index in [-0.39, 0.29) is 30.9 Å². The third-order valence-electron chi connectivity index (χ3n) is 5.68. The van der Waals surface area contributed by atoms with Gasteiger partial charge in [0, 0.05) is 26.1 Å². The van der Waals surface area contributed by atoms with E-state index >= 15 is 0 Å². The highest BCUT2D eigenvalue weighted by Gasteiger charge is 2.51. The van der Waals surface area contributed by atoms with Crippen LogP contribution in [0.4, 0.5) is 0 Å². The van der Waals surface area contributed by atoms with Crippen molar-refractivity contribution < 1.29 is 19.4 Å². The summed E-state index contributed by atoms with van der Waals surface area (Å²) >= 11 is 0. The predicted molar refractivity (Wildman–Crippen MR) is 94.5 cm³/mol. The normalized spacial score (nSPS) is 28.4. The minimum Gasteiger partial charge on any atom is -0.481 e. The average molecular weight is 345 g/mol. The molecule has 3 rings (SSSR count). The number of methoxy groups -OCH3 is 1. The van der Waals surface area contributed by atoms with Gasteiger partial charge in [-0.25, -0.2) is 0 Å². The Labute approximate surface area is 149 Å². The van der Waals surface area contributed by atoms with Crippen molar-refractivity contribution in [3.05, 3.63) is 35.4 Å². The second kappa shape index (κ2) is 6.79. The van der Waals surface area contributed by atoms with Crippen molar-refractivity contribution >= 4 is 11.9 Å². The molecule has 1 saturated heterocycles. The highest BCUT2D eigenvalue weighted by molar-refractivity contribution is 5.85. The zero-order chi connectivity index (χ0) is 18.2. The smallest absolute Gasteiger partial charge is 0.313 e. The summed E-state index contributed by atoms with van der Waals surface area (Å²) in [5, 5.41) is 9.53. The summed E-state index contributed by atoms with van der Waals surface area (Å²) in [6.07, 6.45) is 1.32. The molecule has 1 aliphatic carbocycles. The first kappa shape index (κ1) is 17.9. The third-order valence-corrected chi connectivity index (χ3v) is 5.68. The number of ether oxygens (including phenoxy) is 1. The minimum absolute atomic E-state index is 0.00274. The lowest BCUT2D eigenvalue weighted by Crippen LogP contribution is -2.40. The molecule has 1 heterocycles. The van der Waals surface area contributed by atoms with Gasteiger partial charge in [-0.05, 0) is 35.8 Å². The molecule has 3 atom stereocenters. The lowest BCUT2D eigenvalue weighted by molar-refractivity contribution is -0.151. The maximum Gasteiger partial charge on any atom is 0.313 e. The summed E-state index contributed by atoms with van der Waals surface area (Å²) in [6.45, 7) is 5.24. The number of carboxylic acids is 1. The number of rotatable bonds is 6. The van der Waals surface area contributed by atoms with Crippen LogP contribution in [0.15, 0.2) is 24.3 Å². The van der Waals surface area contributed by atoms with E-state index in [0.717, 1.165) is 6.42 Å². The Morgan fingerprint density at radius 1 is 1.32 bits per heavy atom. The van der Waals surface area contributed by atoms with Crippen LogP contribution >= 0.6 is 0 Å². The number of carboxylic acid groups (broad SMARTS) is 1. The number of carbonyl (C=O) groups excluding carboxylic acids is 1. The van der Waals surface area contributed by atoms with Gasteiger partial charge in [-0.3, -0.25) is 9.59 Å². The fourth-order valence-electron chi connectivity index (χ4n) is 3.89. The van der Waals surface area contributed by atoms with Gasteiger partial charge in [0.05, 0.1) is 6.61 Å². The van der Waals surface area contributed by atoms with Gasteiger partial charge in [0.2, 0.25) is 5.91 Å². The van der Waals surface area contributed by atoms with Crippen LogP contribution in [0.2, 0.25) is 0 Å². The van der Waals surface area contributed by atoms with Crippen molar-refractivity contribution in [1.82, 2.24) is 4.90 Å². The molecule has 1 aromatic carbocycles. The number of carbonyl (C=O) groups is 2. The van der Waals surface area contributed by atoms with Crippen LogP contribution in [0, 0.1) is 11.3 Å². The van der Waals surface area contributed by atoms with E-state index in [1.54, 1.807) is 4.90 Å². The fourth-order valence-corrected chi connectivity index (χ4v) is 3.89. The zero-order valence-electron chi connectivity index (χ0n) is 15.2. The van der Waals surface area contributed by atoms with Gasteiger partial charge in [-0.1, -0.05) is 38.1 Å². The molecule has 1 aliphatic heterocycles. The molecule has 0 spiro atoms. The van der Waals surface area contributed by atoms with E-state index in [2.05, 4.69) is 38.1 Å². The number of likely N-dealkylation sites (tertiary alicyclic amines) is 1. The second-order valence-electron chi connectivity index (χ2n) is 7.80. The molecule has 0 bridgehead atoms. The number of nitrogens with zero attached hydrogens (tertiary/aromatic N) is 1. The number of hydrogen-bond donors (Lipinski definition) is 1. The number of benzene rings is 1. The Morgan fingerprint density at radius 2 is 2.00 bits per heavy atom. The van der Waals surface area contributed by atoms with Crippen LogP contribution in [0.5, 0.6) is 0 Å². The van der Waals surface area contributed by atoms with Crippen molar-refractivity contribution in [2.45, 2.75) is 38.5 Å². The van der Waals surface area contributed by atoms with Crippen molar-refractivity contribution in [2.75, 3.05) is 26.8 Å². The largest absolute Gasteiger partial charge is 0.481 e. The Bertz CT molecular complexity index is 654. The summed E-state index contributed by atoms with van der Waals surface area (Å²) in [6, 6.07) is 8.54. The first-order valence-electron chi connectivity index (χ1n) is 8.99. The SMILES string of the molecule is COCC1(C(=O)O)CCN(C(=O)C2CC2c2ccc(C(C)C)cc2)C1. The fraction of sp³-hybridized carbons (Fsp3) is 0.600. The Kier molecular flexibility index (Phi) is 4.87. The Balaban J connectivity index is 1.63. The monoisotopic (exact) mass is 345 g/mol. The lowest BCUT2D eigenvalue weighted by atomic mass is 9.88. The standard InChI is InChI=1S/C20H27NO4/c1-13(2)14-4-6-15(7-5-14)16-10-17(16)18(22)21-9-8-20(11-21,12-25-3)19(23)24/h4-7,13,16-17H,8-12H2,1-3H3,(H,23,24). The zero-order valence-corrected chi connectivity index (χ0v) is 15.2. The minimum atomic E-state index is -0.951. The quantitative estimate of drug-likeness (QED) is 0.861. The Hall–Kier alpha value is -1.88. The van der Waals surface area contributed by atoms with Gasteiger partial charge in [-0.15, -0.1) is 0 Å². The molecule has 0 radical (unpaired) electrons. The van der Waals surface area contributed by atoms with Gasteiger partial charge in [0.15, 0.2) is 0 Å². The second-order valence-corrected chi connectivity index (χ2v) is 7.80. The molecule has 25 heavy (non-hydrogen) atoms. The molecule has 1 saturated carbocycles. The van der Waals surface area contributed by atoms with Crippen LogP contribution in [0.25, 0.3) is 0 Å². The van der Waals surface area contributed by atoms with Gasteiger partial charge in [-0.2, -0.15) is 0 Å². The molecule has 1 aromatic rings. The molecule has 5 nitrogen and oxygen atoms in total. The van der Waals surface area contributed by atoms with E-state index in [1.807, 2.05) is 0 Å². The first-order valence-corrected chi connectivity index (χ1v) is 8.99. The van der Waals surface area contributed by atoms with E-state index in [9.17, 15) is 14.7 Å². The molecule has 3 unspecified atom stereocenters. The molecule has 2 aliphatic rings. The highest BCUT2D eigenvalue weighted by Crippen LogP contribution is 2.49. The molecule has 1 amide bonds. The first-order chi connectivity index (χ1) is 11.9. The van der Waals surface area contributed by atoms with Crippen LogP contribution < -0.4 is 0 Å². The molecular formula is C20H27NO4. The maximum atomic E-state index is 12.8. The summed E-state index contributed by atoms with van der Waals surface area (Å²) in [5.74, 6) is -0.00773. The predicted octanol–water partition coefficient (Wildman–Crippen LogP) is 2.86. The number of hydrogen-bond acceptors (Lipinski definition) is 3. The molecule has 0 aromatic heterocycles. The van der Waals surface area contributed by atoms with Crippen molar-refractivity contribution in [3.8, 4) is 0 Å². The van der Waals surface area contributed by atoms with Gasteiger partial charge in [0.25, 0.3) is 0 Å². The van der Waals surface area contributed by atoms with Crippen molar-refractivity contribution in [2.24, 2.45) is 11.3 Å². The van der Waals surface area contributed by atoms with E-state index < -0.39 is 11.4 Å². The molecule has 5 heteroatoms. The molecule has 1 N–H and O–H groups in total. The van der Waals surface area contributed by atoms with Crippen LogP contribution in [0.1, 0.15) is 49.7 Å². The summed E-state index contributed by atoms with van der Waals surface area (Å²) in [4.78, 5) is 26.1. The van der Waals surface area contributed by atoms with Gasteiger partial charge >= 0.3 is 5.97 Å². The highest BCUT2D eigenvalue weighted by atomic mass is 16.5. The summed E-state index contributed by atoms with van der Waals surface area (Å²) in [7, 11) is 1.51. The van der Waals surface area contributed by atoms with Crippen LogP contribution in [-0.2, 0) is 14.3 Å². The molecule has 136 valence electrons. The van der Waals surface area contributed by atoms with E-state index in [4.69, 9.17) is 4.74 Å². The van der Waals surface area contributed by atoms with Gasteiger partial charge in [0.1, 0.15) is 5.41 Å². The van der Waals surface area contributed by atoms with Crippen molar-refractivity contribution in [3.63, 3.8) is 0 Å². The average Bonchev–Trinajstić information content (AvgIpc) is 3.27.